The minimum absolute atomic E-state index is 0.248. The number of piperidine rings is 1. The van der Waals surface area contributed by atoms with E-state index in [0.717, 1.165) is 31.6 Å². The number of aryl methyl sites for hydroxylation is 1. The highest BCUT2D eigenvalue weighted by molar-refractivity contribution is 6.28. The zero-order valence-corrected chi connectivity index (χ0v) is 12.4. The van der Waals surface area contributed by atoms with Crippen LogP contribution in [0.3, 0.4) is 0 Å². The number of hydrogen-bond acceptors (Lipinski definition) is 5. The number of halogens is 1. The van der Waals surface area contributed by atoms with Crippen LogP contribution in [0.2, 0.25) is 5.28 Å². The lowest BCUT2D eigenvalue weighted by molar-refractivity contribution is 0.219. The van der Waals surface area contributed by atoms with E-state index >= 15 is 0 Å². The van der Waals surface area contributed by atoms with Crippen LogP contribution in [0.5, 0.6) is 0 Å². The SMILES string of the molecule is CCCN1CCC(Nc2nc(Cl)nc(C)c2N)CC1. The monoisotopic (exact) mass is 283 g/mol. The second kappa shape index (κ2) is 6.39. The third-order valence-corrected chi connectivity index (χ3v) is 3.75. The van der Waals surface area contributed by atoms with Gasteiger partial charge in [0.1, 0.15) is 0 Å². The number of nitrogens with zero attached hydrogens (tertiary/aromatic N) is 3. The summed E-state index contributed by atoms with van der Waals surface area (Å²) >= 11 is 5.88. The van der Waals surface area contributed by atoms with Crippen LogP contribution in [-0.4, -0.2) is 40.5 Å². The summed E-state index contributed by atoms with van der Waals surface area (Å²) in [6, 6.07) is 0.417. The molecule has 1 aliphatic heterocycles. The number of hydrogen-bond donors (Lipinski definition) is 2. The molecule has 0 saturated carbocycles. The molecule has 106 valence electrons. The first-order chi connectivity index (χ1) is 9.10. The fraction of sp³-hybridized carbons (Fsp3) is 0.692. The number of nitrogens with one attached hydrogen (secondary N) is 1. The van der Waals surface area contributed by atoms with E-state index in [1.54, 1.807) is 0 Å². The molecule has 0 spiro atoms. The molecule has 5 nitrogen and oxygen atoms in total. The topological polar surface area (TPSA) is 67.1 Å². The maximum atomic E-state index is 5.99. The first-order valence-electron chi connectivity index (χ1n) is 6.88. The van der Waals surface area contributed by atoms with Crippen molar-refractivity contribution < 1.29 is 0 Å². The van der Waals surface area contributed by atoms with Gasteiger partial charge in [-0.2, -0.15) is 4.98 Å². The summed E-state index contributed by atoms with van der Waals surface area (Å²) in [7, 11) is 0. The first-order valence-corrected chi connectivity index (χ1v) is 7.26. The smallest absolute Gasteiger partial charge is 0.224 e. The predicted octanol–water partition coefficient (Wildman–Crippen LogP) is 2.31. The summed E-state index contributed by atoms with van der Waals surface area (Å²) in [6.07, 6.45) is 3.44. The summed E-state index contributed by atoms with van der Waals surface area (Å²) < 4.78 is 0. The molecule has 0 bridgehead atoms. The van der Waals surface area contributed by atoms with Crippen LogP contribution < -0.4 is 11.1 Å². The van der Waals surface area contributed by atoms with E-state index in [1.165, 1.54) is 13.0 Å². The van der Waals surface area contributed by atoms with Crippen molar-refractivity contribution in [3.05, 3.63) is 11.0 Å². The van der Waals surface area contributed by atoms with Crippen LogP contribution in [0.1, 0.15) is 31.9 Å². The van der Waals surface area contributed by atoms with Crippen molar-refractivity contribution in [2.45, 2.75) is 39.2 Å². The Morgan fingerprint density at radius 1 is 1.37 bits per heavy atom. The lowest BCUT2D eigenvalue weighted by Crippen LogP contribution is -2.39. The minimum atomic E-state index is 0.248. The molecule has 1 fully saturated rings. The first kappa shape index (κ1) is 14.3. The molecule has 19 heavy (non-hydrogen) atoms. The van der Waals surface area contributed by atoms with Crippen molar-refractivity contribution in [1.82, 2.24) is 14.9 Å². The molecular formula is C13H22ClN5. The number of likely N-dealkylation sites (tertiary alicyclic amines) is 1. The van der Waals surface area contributed by atoms with Gasteiger partial charge in [0, 0.05) is 19.1 Å². The molecule has 0 unspecified atom stereocenters. The van der Waals surface area contributed by atoms with E-state index in [0.29, 0.717) is 17.5 Å². The molecule has 1 aromatic rings. The van der Waals surface area contributed by atoms with Crippen molar-refractivity contribution in [2.24, 2.45) is 0 Å². The minimum Gasteiger partial charge on any atom is -0.394 e. The van der Waals surface area contributed by atoms with Crippen LogP contribution in [0, 0.1) is 6.92 Å². The van der Waals surface area contributed by atoms with E-state index in [1.807, 2.05) is 6.92 Å². The molecule has 0 atom stereocenters. The standard InChI is InChI=1S/C13H22ClN5/c1-3-6-19-7-4-10(5-8-19)17-12-11(15)9(2)16-13(14)18-12/h10H,3-8,15H2,1-2H3,(H,16,17,18). The van der Waals surface area contributed by atoms with Crippen molar-refractivity contribution in [3.8, 4) is 0 Å². The van der Waals surface area contributed by atoms with Gasteiger partial charge in [0.05, 0.1) is 11.4 Å². The van der Waals surface area contributed by atoms with Crippen LogP contribution in [0.15, 0.2) is 0 Å². The Hall–Kier alpha value is -1.07. The maximum Gasteiger partial charge on any atom is 0.224 e. The largest absolute Gasteiger partial charge is 0.394 e. The molecule has 0 amide bonds. The predicted molar refractivity (Wildman–Crippen MR) is 79.6 cm³/mol. The average Bonchev–Trinajstić information content (AvgIpc) is 2.38. The normalized spacial score (nSPS) is 17.6. The Balaban J connectivity index is 1.96. The van der Waals surface area contributed by atoms with Gasteiger partial charge >= 0.3 is 0 Å². The summed E-state index contributed by atoms with van der Waals surface area (Å²) in [4.78, 5) is 10.7. The second-order valence-electron chi connectivity index (χ2n) is 5.10. The highest BCUT2D eigenvalue weighted by Crippen LogP contribution is 2.23. The Bertz CT molecular complexity index is 429. The van der Waals surface area contributed by atoms with E-state index in [9.17, 15) is 0 Å². The summed E-state index contributed by atoms with van der Waals surface area (Å²) in [5, 5.41) is 3.65. The van der Waals surface area contributed by atoms with E-state index in [4.69, 9.17) is 17.3 Å². The van der Waals surface area contributed by atoms with Crippen molar-refractivity contribution in [2.75, 3.05) is 30.7 Å². The van der Waals surface area contributed by atoms with Crippen LogP contribution in [-0.2, 0) is 0 Å². The fourth-order valence-electron chi connectivity index (χ4n) is 2.47. The quantitative estimate of drug-likeness (QED) is 0.830. The average molecular weight is 284 g/mol. The van der Waals surface area contributed by atoms with Gasteiger partial charge < -0.3 is 16.0 Å². The number of aromatic nitrogens is 2. The zero-order chi connectivity index (χ0) is 13.8. The summed E-state index contributed by atoms with van der Waals surface area (Å²) in [6.45, 7) is 7.51. The lowest BCUT2D eigenvalue weighted by atomic mass is 10.0. The second-order valence-corrected chi connectivity index (χ2v) is 5.44. The van der Waals surface area contributed by atoms with Gasteiger partial charge in [0.2, 0.25) is 5.28 Å². The van der Waals surface area contributed by atoms with Crippen LogP contribution >= 0.6 is 11.6 Å². The lowest BCUT2D eigenvalue weighted by Gasteiger charge is -2.32. The molecule has 1 aliphatic rings. The molecule has 2 rings (SSSR count). The van der Waals surface area contributed by atoms with E-state index in [2.05, 4.69) is 27.1 Å². The zero-order valence-electron chi connectivity index (χ0n) is 11.6. The number of rotatable bonds is 4. The number of anilines is 2. The molecule has 1 aromatic heterocycles. The van der Waals surface area contributed by atoms with Gasteiger partial charge in [-0.05, 0) is 44.3 Å². The van der Waals surface area contributed by atoms with Crippen molar-refractivity contribution in [1.29, 1.82) is 0 Å². The van der Waals surface area contributed by atoms with Gasteiger partial charge in [-0.1, -0.05) is 6.92 Å². The molecule has 2 heterocycles. The fourth-order valence-corrected chi connectivity index (χ4v) is 2.68. The van der Waals surface area contributed by atoms with Crippen LogP contribution in [0.4, 0.5) is 11.5 Å². The molecule has 0 aliphatic carbocycles. The Labute approximate surface area is 119 Å². The Morgan fingerprint density at radius 3 is 2.68 bits per heavy atom. The van der Waals surface area contributed by atoms with Crippen molar-refractivity contribution in [3.63, 3.8) is 0 Å². The third kappa shape index (κ3) is 3.70. The Kier molecular flexibility index (Phi) is 4.82. The molecule has 0 radical (unpaired) electrons. The van der Waals surface area contributed by atoms with Gasteiger partial charge in [0.15, 0.2) is 5.82 Å². The molecule has 0 aromatic carbocycles. The highest BCUT2D eigenvalue weighted by Gasteiger charge is 2.20. The van der Waals surface area contributed by atoms with Gasteiger partial charge in [-0.15, -0.1) is 0 Å². The summed E-state index contributed by atoms with van der Waals surface area (Å²) in [5.74, 6) is 0.673. The van der Waals surface area contributed by atoms with Gasteiger partial charge in [0.25, 0.3) is 0 Å². The highest BCUT2D eigenvalue weighted by atomic mass is 35.5. The third-order valence-electron chi connectivity index (χ3n) is 3.58. The van der Waals surface area contributed by atoms with Gasteiger partial charge in [-0.3, -0.25) is 0 Å². The maximum absolute atomic E-state index is 5.99. The number of nitrogens with two attached hydrogens (primary N) is 1. The molecular weight excluding hydrogens is 262 g/mol. The number of nitrogen functional groups attached to an aromatic ring is 1. The molecule has 6 heteroatoms. The van der Waals surface area contributed by atoms with Crippen molar-refractivity contribution >= 4 is 23.1 Å². The van der Waals surface area contributed by atoms with E-state index in [-0.39, 0.29) is 5.28 Å². The molecule has 1 saturated heterocycles. The van der Waals surface area contributed by atoms with Crippen LogP contribution in [0.25, 0.3) is 0 Å². The summed E-state index contributed by atoms with van der Waals surface area (Å²) in [5.41, 5.74) is 7.31. The Morgan fingerprint density at radius 2 is 2.05 bits per heavy atom. The molecule has 3 N–H and O–H groups in total. The van der Waals surface area contributed by atoms with E-state index < -0.39 is 0 Å². The van der Waals surface area contributed by atoms with Gasteiger partial charge in [-0.25, -0.2) is 4.98 Å².